The second-order valence-corrected chi connectivity index (χ2v) is 4.83. The number of hydrogen-bond acceptors (Lipinski definition) is 3. The Morgan fingerprint density at radius 1 is 1.44 bits per heavy atom. The maximum Gasteiger partial charge on any atom is 0.150 e. The zero-order chi connectivity index (χ0) is 11.1. The Morgan fingerprint density at radius 3 is 3.12 bits per heavy atom. The highest BCUT2D eigenvalue weighted by Crippen LogP contribution is 2.37. The summed E-state index contributed by atoms with van der Waals surface area (Å²) in [6.45, 7) is 4.46. The van der Waals surface area contributed by atoms with Gasteiger partial charge >= 0.3 is 0 Å². The lowest BCUT2D eigenvalue weighted by molar-refractivity contribution is 0.615. The third-order valence-corrected chi connectivity index (χ3v) is 3.85. The van der Waals surface area contributed by atoms with E-state index in [4.69, 9.17) is 0 Å². The van der Waals surface area contributed by atoms with Crippen LogP contribution in [0.1, 0.15) is 31.9 Å². The third kappa shape index (κ3) is 1.32. The number of nitrogens with zero attached hydrogens (tertiary/aromatic N) is 3. The van der Waals surface area contributed by atoms with Gasteiger partial charge in [0.25, 0.3) is 0 Å². The first-order valence-corrected chi connectivity index (χ1v) is 6.37. The van der Waals surface area contributed by atoms with Crippen molar-refractivity contribution in [3.8, 4) is 0 Å². The van der Waals surface area contributed by atoms with Gasteiger partial charge in [-0.05, 0) is 25.7 Å². The highest BCUT2D eigenvalue weighted by atomic mass is 15.4. The molecule has 1 saturated heterocycles. The summed E-state index contributed by atoms with van der Waals surface area (Å²) >= 11 is 0. The van der Waals surface area contributed by atoms with Gasteiger partial charge in [0.1, 0.15) is 5.69 Å². The minimum absolute atomic E-state index is 0.730. The van der Waals surface area contributed by atoms with Crippen LogP contribution in [0.3, 0.4) is 0 Å². The molecule has 0 aliphatic carbocycles. The SMILES string of the molecule is CCc1nn(C)c2c1NCCC1CCCN21. The van der Waals surface area contributed by atoms with E-state index >= 15 is 0 Å². The molecular weight excluding hydrogens is 200 g/mol. The van der Waals surface area contributed by atoms with Crippen LogP contribution in [0.4, 0.5) is 11.5 Å². The molecule has 2 aliphatic rings. The lowest BCUT2D eigenvalue weighted by Gasteiger charge is -2.24. The Bertz CT molecular complexity index is 396. The largest absolute Gasteiger partial charge is 0.380 e. The normalized spacial score (nSPS) is 23.6. The minimum atomic E-state index is 0.730. The van der Waals surface area contributed by atoms with Gasteiger partial charge in [-0.15, -0.1) is 0 Å². The van der Waals surface area contributed by atoms with Crippen LogP contribution in [0.15, 0.2) is 0 Å². The van der Waals surface area contributed by atoms with Crippen LogP contribution in [0.25, 0.3) is 0 Å². The number of aromatic nitrogens is 2. The quantitative estimate of drug-likeness (QED) is 0.783. The van der Waals surface area contributed by atoms with Crippen molar-refractivity contribution in [3.63, 3.8) is 0 Å². The van der Waals surface area contributed by atoms with Crippen LogP contribution in [-0.2, 0) is 13.5 Å². The highest BCUT2D eigenvalue weighted by Gasteiger charge is 2.32. The van der Waals surface area contributed by atoms with Gasteiger partial charge in [-0.25, -0.2) is 0 Å². The van der Waals surface area contributed by atoms with Gasteiger partial charge in [0, 0.05) is 26.2 Å². The van der Waals surface area contributed by atoms with E-state index in [1.54, 1.807) is 0 Å². The molecule has 1 N–H and O–H groups in total. The smallest absolute Gasteiger partial charge is 0.150 e. The molecule has 3 rings (SSSR count). The van der Waals surface area contributed by atoms with E-state index in [1.807, 2.05) is 0 Å². The van der Waals surface area contributed by atoms with Crippen molar-refractivity contribution >= 4 is 11.5 Å². The van der Waals surface area contributed by atoms with Crippen molar-refractivity contribution in [2.75, 3.05) is 23.3 Å². The lowest BCUT2D eigenvalue weighted by atomic mass is 10.1. The number of rotatable bonds is 1. The van der Waals surface area contributed by atoms with Crippen molar-refractivity contribution in [1.82, 2.24) is 9.78 Å². The summed E-state index contributed by atoms with van der Waals surface area (Å²) in [6, 6.07) is 0.730. The Morgan fingerprint density at radius 2 is 2.31 bits per heavy atom. The van der Waals surface area contributed by atoms with Crippen LogP contribution < -0.4 is 10.2 Å². The van der Waals surface area contributed by atoms with Crippen molar-refractivity contribution in [3.05, 3.63) is 5.69 Å². The zero-order valence-corrected chi connectivity index (χ0v) is 10.2. The summed E-state index contributed by atoms with van der Waals surface area (Å²) in [5.74, 6) is 1.32. The van der Waals surface area contributed by atoms with Crippen LogP contribution in [-0.4, -0.2) is 28.9 Å². The maximum atomic E-state index is 4.63. The Hall–Kier alpha value is -1.19. The zero-order valence-electron chi connectivity index (χ0n) is 10.2. The molecule has 0 saturated carbocycles. The second kappa shape index (κ2) is 3.68. The molecule has 1 unspecified atom stereocenters. The van der Waals surface area contributed by atoms with Gasteiger partial charge < -0.3 is 10.2 Å². The van der Waals surface area contributed by atoms with Gasteiger partial charge in [-0.3, -0.25) is 4.68 Å². The van der Waals surface area contributed by atoms with Gasteiger partial charge in [-0.1, -0.05) is 6.92 Å². The molecule has 1 fully saturated rings. The minimum Gasteiger partial charge on any atom is -0.380 e. The van der Waals surface area contributed by atoms with Crippen molar-refractivity contribution in [1.29, 1.82) is 0 Å². The molecule has 1 aromatic rings. The number of anilines is 2. The summed E-state index contributed by atoms with van der Waals surface area (Å²) in [6.07, 6.45) is 4.94. The predicted octanol–water partition coefficient (Wildman–Crippen LogP) is 1.77. The first kappa shape index (κ1) is 10.00. The lowest BCUT2D eigenvalue weighted by Crippen LogP contribution is -2.30. The van der Waals surface area contributed by atoms with Gasteiger partial charge in [0.15, 0.2) is 5.82 Å². The Balaban J connectivity index is 2.09. The van der Waals surface area contributed by atoms with Crippen LogP contribution >= 0.6 is 0 Å². The molecule has 0 spiro atoms. The van der Waals surface area contributed by atoms with E-state index < -0.39 is 0 Å². The molecule has 16 heavy (non-hydrogen) atoms. The van der Waals surface area contributed by atoms with E-state index in [1.165, 1.54) is 43.0 Å². The van der Waals surface area contributed by atoms with Gasteiger partial charge in [-0.2, -0.15) is 5.10 Å². The average Bonchev–Trinajstić information content (AvgIpc) is 2.79. The topological polar surface area (TPSA) is 33.1 Å². The average molecular weight is 220 g/mol. The van der Waals surface area contributed by atoms with Crippen molar-refractivity contribution in [2.24, 2.45) is 7.05 Å². The number of fused-ring (bicyclic) bond motifs is 3. The van der Waals surface area contributed by atoms with Gasteiger partial charge in [0.2, 0.25) is 0 Å². The van der Waals surface area contributed by atoms with Crippen molar-refractivity contribution in [2.45, 2.75) is 38.6 Å². The molecule has 1 atom stereocenters. The monoisotopic (exact) mass is 220 g/mol. The molecule has 3 heterocycles. The molecule has 0 radical (unpaired) electrons. The predicted molar refractivity (Wildman–Crippen MR) is 66.1 cm³/mol. The fourth-order valence-corrected chi connectivity index (χ4v) is 3.11. The molecule has 0 bridgehead atoms. The summed E-state index contributed by atoms with van der Waals surface area (Å²) in [5.41, 5.74) is 2.50. The van der Waals surface area contributed by atoms with E-state index in [9.17, 15) is 0 Å². The van der Waals surface area contributed by atoms with E-state index in [0.717, 1.165) is 19.0 Å². The molecule has 1 aromatic heterocycles. The Labute approximate surface area is 96.6 Å². The van der Waals surface area contributed by atoms with Crippen LogP contribution in [0.5, 0.6) is 0 Å². The van der Waals surface area contributed by atoms with Crippen LogP contribution in [0.2, 0.25) is 0 Å². The number of nitrogens with one attached hydrogen (secondary N) is 1. The first-order chi connectivity index (χ1) is 7.81. The summed E-state index contributed by atoms with van der Waals surface area (Å²) < 4.78 is 2.06. The Kier molecular flexibility index (Phi) is 2.30. The number of hydrogen-bond donors (Lipinski definition) is 1. The number of aryl methyl sites for hydroxylation is 2. The van der Waals surface area contributed by atoms with Crippen molar-refractivity contribution < 1.29 is 0 Å². The van der Waals surface area contributed by atoms with Crippen LogP contribution in [0, 0.1) is 0 Å². The molecule has 4 heteroatoms. The second-order valence-electron chi connectivity index (χ2n) is 4.83. The highest BCUT2D eigenvalue weighted by molar-refractivity contribution is 5.71. The fourth-order valence-electron chi connectivity index (χ4n) is 3.11. The first-order valence-electron chi connectivity index (χ1n) is 6.37. The standard InChI is InChI=1S/C12H20N4/c1-3-10-11-12(15(2)14-10)16-8-4-5-9(16)6-7-13-11/h9,13H,3-8H2,1-2H3. The maximum absolute atomic E-state index is 4.63. The summed E-state index contributed by atoms with van der Waals surface area (Å²) in [5, 5.41) is 8.19. The fraction of sp³-hybridized carbons (Fsp3) is 0.750. The van der Waals surface area contributed by atoms with E-state index in [0.29, 0.717) is 0 Å². The molecule has 2 aliphatic heterocycles. The molecule has 4 nitrogen and oxygen atoms in total. The molecule has 88 valence electrons. The van der Waals surface area contributed by atoms with E-state index in [2.05, 4.69) is 34.0 Å². The van der Waals surface area contributed by atoms with E-state index in [-0.39, 0.29) is 0 Å². The third-order valence-electron chi connectivity index (χ3n) is 3.85. The summed E-state index contributed by atoms with van der Waals surface area (Å²) in [4.78, 5) is 2.56. The molecular formula is C12H20N4. The summed E-state index contributed by atoms with van der Waals surface area (Å²) in [7, 11) is 2.07. The molecule has 0 aromatic carbocycles. The van der Waals surface area contributed by atoms with Gasteiger partial charge in [0.05, 0.1) is 5.69 Å². The molecule has 0 amide bonds.